The number of non-ortho nitro benzene ring substituents is 4. The van der Waals surface area contributed by atoms with E-state index in [-0.39, 0.29) is 12.8 Å². The SMILES string of the molecule is C=CCCCCCCCCC(=O)OC[C@@H](NC(=O)c1cc([N+](=O)[O-])cc([N+](=O)[O-])c1)[C@@H](COC(=O)CCCCCCCCC=C)NC(=O)c1cc([N+](=O)[O-])cc([N+](=O)[O-])c1. The van der Waals surface area contributed by atoms with Crippen LogP contribution in [-0.2, 0) is 19.1 Å². The maximum atomic E-state index is 13.6. The van der Waals surface area contributed by atoms with Gasteiger partial charge in [0.1, 0.15) is 13.2 Å². The highest BCUT2D eigenvalue weighted by Gasteiger charge is 2.31. The summed E-state index contributed by atoms with van der Waals surface area (Å²) in [6.45, 7) is 6.01. The van der Waals surface area contributed by atoms with Gasteiger partial charge in [0.05, 0.1) is 55.0 Å². The van der Waals surface area contributed by atoms with E-state index in [0.29, 0.717) is 37.8 Å². The van der Waals surface area contributed by atoms with Crippen LogP contribution in [0.1, 0.15) is 123 Å². The van der Waals surface area contributed by atoms with Crippen LogP contribution < -0.4 is 10.6 Å². The van der Waals surface area contributed by atoms with E-state index in [0.717, 1.165) is 88.5 Å². The molecular formula is C40H52N6O14. The molecule has 2 aromatic carbocycles. The molecule has 60 heavy (non-hydrogen) atoms. The molecule has 2 N–H and O–H groups in total. The minimum atomic E-state index is -1.51. The Kier molecular flexibility index (Phi) is 22.4. The summed E-state index contributed by atoms with van der Waals surface area (Å²) >= 11 is 0. The number of amides is 2. The number of hydrogen-bond donors (Lipinski definition) is 2. The fourth-order valence-corrected chi connectivity index (χ4v) is 5.93. The topological polar surface area (TPSA) is 283 Å². The van der Waals surface area contributed by atoms with Crippen LogP contribution >= 0.6 is 0 Å². The van der Waals surface area contributed by atoms with Crippen molar-refractivity contribution in [2.45, 2.75) is 115 Å². The van der Waals surface area contributed by atoms with Crippen molar-refractivity contribution in [1.29, 1.82) is 0 Å². The normalized spacial score (nSPS) is 11.7. The van der Waals surface area contributed by atoms with Gasteiger partial charge in [-0.3, -0.25) is 59.6 Å². The molecule has 0 heterocycles. The number of nitrogens with zero attached hydrogens (tertiary/aromatic N) is 4. The molecule has 0 aliphatic rings. The van der Waals surface area contributed by atoms with Gasteiger partial charge in [-0.15, -0.1) is 13.2 Å². The Morgan fingerprint density at radius 3 is 1.07 bits per heavy atom. The number of carbonyl (C=O) groups is 4. The number of allylic oxidation sites excluding steroid dienone is 2. The van der Waals surface area contributed by atoms with Crippen LogP contribution in [0.2, 0.25) is 0 Å². The van der Waals surface area contributed by atoms with Crippen molar-refractivity contribution in [3.63, 3.8) is 0 Å². The predicted octanol–water partition coefficient (Wildman–Crippen LogP) is 7.92. The zero-order valence-electron chi connectivity index (χ0n) is 33.4. The Bertz CT molecular complexity index is 1660. The Labute approximate surface area is 346 Å². The van der Waals surface area contributed by atoms with Crippen molar-refractivity contribution in [3.8, 4) is 0 Å². The molecule has 0 aliphatic heterocycles. The van der Waals surface area contributed by atoms with Crippen LogP contribution in [0.3, 0.4) is 0 Å². The van der Waals surface area contributed by atoms with E-state index >= 15 is 0 Å². The lowest BCUT2D eigenvalue weighted by Crippen LogP contribution is -2.56. The molecular weight excluding hydrogens is 788 g/mol. The highest BCUT2D eigenvalue weighted by molar-refractivity contribution is 5.97. The molecule has 20 nitrogen and oxygen atoms in total. The Balaban J connectivity index is 2.42. The lowest BCUT2D eigenvalue weighted by Gasteiger charge is -2.28. The number of carbonyl (C=O) groups excluding carboxylic acids is 4. The first-order chi connectivity index (χ1) is 28.7. The number of benzene rings is 2. The van der Waals surface area contributed by atoms with Gasteiger partial charge in [0, 0.05) is 37.1 Å². The standard InChI is InChI=1S/C40H52N6O14/c1-3-5-7-9-11-13-15-17-19-37(47)59-27-35(41-39(49)29-21-31(43(51)52)25-32(22-29)44(53)54)36(28-60-38(48)20-18-16-14-12-10-8-6-4-2)42-40(50)30-23-33(45(55)56)26-34(24-30)46(57)58/h3-4,21-26,35-36H,1-2,5-20,27-28H2,(H,41,49)(H,42,50)/t35-,36-/m1/s1. The van der Waals surface area contributed by atoms with E-state index in [1.165, 1.54) is 0 Å². The molecule has 0 unspecified atom stereocenters. The van der Waals surface area contributed by atoms with Crippen LogP contribution in [0.25, 0.3) is 0 Å². The highest BCUT2D eigenvalue weighted by Crippen LogP contribution is 2.25. The van der Waals surface area contributed by atoms with Gasteiger partial charge in [0.2, 0.25) is 0 Å². The molecule has 0 aromatic heterocycles. The second-order valence-corrected chi connectivity index (χ2v) is 13.9. The third-order valence-corrected chi connectivity index (χ3v) is 9.22. The Morgan fingerprint density at radius 2 is 0.783 bits per heavy atom. The summed E-state index contributed by atoms with van der Waals surface area (Å²) < 4.78 is 10.9. The largest absolute Gasteiger partial charge is 0.463 e. The molecule has 0 saturated carbocycles. The van der Waals surface area contributed by atoms with Gasteiger partial charge in [0.25, 0.3) is 34.6 Å². The highest BCUT2D eigenvalue weighted by atomic mass is 16.6. The Morgan fingerprint density at radius 1 is 0.500 bits per heavy atom. The first-order valence-corrected chi connectivity index (χ1v) is 19.7. The number of rotatable bonds is 31. The molecule has 2 atom stereocenters. The lowest BCUT2D eigenvalue weighted by molar-refractivity contribution is -0.394. The van der Waals surface area contributed by atoms with Gasteiger partial charge in [-0.05, 0) is 38.5 Å². The zero-order chi connectivity index (χ0) is 44.5. The minimum absolute atomic E-state index is 0.0258. The van der Waals surface area contributed by atoms with Gasteiger partial charge in [-0.25, -0.2) is 0 Å². The van der Waals surface area contributed by atoms with E-state index in [9.17, 15) is 59.6 Å². The maximum absolute atomic E-state index is 13.6. The van der Waals surface area contributed by atoms with Gasteiger partial charge < -0.3 is 20.1 Å². The molecule has 0 fully saturated rings. The van der Waals surface area contributed by atoms with Crippen molar-refractivity contribution >= 4 is 46.5 Å². The minimum Gasteiger partial charge on any atom is -0.463 e. The molecule has 326 valence electrons. The monoisotopic (exact) mass is 840 g/mol. The molecule has 0 radical (unpaired) electrons. The molecule has 2 aromatic rings. The van der Waals surface area contributed by atoms with Crippen molar-refractivity contribution in [3.05, 3.63) is 113 Å². The van der Waals surface area contributed by atoms with Crippen LogP contribution in [0, 0.1) is 40.5 Å². The summed E-state index contributed by atoms with van der Waals surface area (Å²) in [7, 11) is 0. The second-order valence-electron chi connectivity index (χ2n) is 13.9. The predicted molar refractivity (Wildman–Crippen MR) is 218 cm³/mol. The quantitative estimate of drug-likeness (QED) is 0.0240. The smallest absolute Gasteiger partial charge is 0.305 e. The van der Waals surface area contributed by atoms with Crippen LogP contribution in [0.15, 0.2) is 61.7 Å². The number of nitrogens with one attached hydrogen (secondary N) is 2. The van der Waals surface area contributed by atoms with Crippen molar-refractivity contribution in [1.82, 2.24) is 10.6 Å². The summed E-state index contributed by atoms with van der Waals surface area (Å²) in [4.78, 5) is 95.5. The summed E-state index contributed by atoms with van der Waals surface area (Å²) in [5.74, 6) is -3.70. The van der Waals surface area contributed by atoms with Gasteiger partial charge >= 0.3 is 11.9 Å². The molecule has 2 amide bonds. The molecule has 0 bridgehead atoms. The number of ether oxygens (including phenoxy) is 2. The van der Waals surface area contributed by atoms with Crippen molar-refractivity contribution < 1.29 is 48.3 Å². The summed E-state index contributed by atoms with van der Waals surface area (Å²) in [5, 5.41) is 51.1. The van der Waals surface area contributed by atoms with Gasteiger partial charge in [0.15, 0.2) is 0 Å². The van der Waals surface area contributed by atoms with Crippen molar-refractivity contribution in [2.24, 2.45) is 0 Å². The van der Waals surface area contributed by atoms with Gasteiger partial charge in [-0.2, -0.15) is 0 Å². The summed E-state index contributed by atoms with van der Waals surface area (Å²) in [6, 6.07) is 1.31. The molecule has 0 aliphatic carbocycles. The second kappa shape index (κ2) is 27.2. The summed E-state index contributed by atoms with van der Waals surface area (Å²) in [5.41, 5.74) is -4.27. The summed E-state index contributed by atoms with van der Waals surface area (Å²) in [6.07, 6.45) is 15.5. The molecule has 20 heteroatoms. The third kappa shape index (κ3) is 18.8. The van der Waals surface area contributed by atoms with E-state index < -0.39 is 103 Å². The first kappa shape index (κ1) is 49.5. The van der Waals surface area contributed by atoms with E-state index in [4.69, 9.17) is 9.47 Å². The number of nitro benzene ring substituents is 4. The lowest BCUT2D eigenvalue weighted by atomic mass is 10.1. The molecule has 2 rings (SSSR count). The average Bonchev–Trinajstić information content (AvgIpc) is 3.22. The average molecular weight is 841 g/mol. The van der Waals surface area contributed by atoms with E-state index in [2.05, 4.69) is 23.8 Å². The fraction of sp³-hybridized carbons (Fsp3) is 0.500. The van der Waals surface area contributed by atoms with Crippen molar-refractivity contribution in [2.75, 3.05) is 13.2 Å². The first-order valence-electron chi connectivity index (χ1n) is 19.7. The zero-order valence-corrected chi connectivity index (χ0v) is 33.4. The Hall–Kier alpha value is -6.60. The number of nitro groups is 4. The maximum Gasteiger partial charge on any atom is 0.305 e. The third-order valence-electron chi connectivity index (χ3n) is 9.22. The van der Waals surface area contributed by atoms with E-state index in [1.807, 2.05) is 12.2 Å². The van der Waals surface area contributed by atoms with Crippen LogP contribution in [0.5, 0.6) is 0 Å². The number of hydrogen-bond acceptors (Lipinski definition) is 14. The fourth-order valence-electron chi connectivity index (χ4n) is 5.93. The molecule has 0 saturated heterocycles. The number of unbranched alkanes of at least 4 members (excludes halogenated alkanes) is 12. The molecule has 0 spiro atoms. The van der Waals surface area contributed by atoms with Gasteiger partial charge in [-0.1, -0.05) is 63.5 Å². The van der Waals surface area contributed by atoms with Crippen LogP contribution in [0.4, 0.5) is 22.7 Å². The number of esters is 2. The van der Waals surface area contributed by atoms with E-state index in [1.54, 1.807) is 0 Å². The van der Waals surface area contributed by atoms with Crippen LogP contribution in [-0.4, -0.2) is 68.7 Å².